The van der Waals surface area contributed by atoms with Crippen LogP contribution in [-0.4, -0.2) is 85.1 Å². The predicted octanol–water partition coefficient (Wildman–Crippen LogP) is 0.729. The van der Waals surface area contributed by atoms with E-state index in [9.17, 15) is 9.59 Å². The number of esters is 1. The van der Waals surface area contributed by atoms with Crippen molar-refractivity contribution in [3.63, 3.8) is 0 Å². The van der Waals surface area contributed by atoms with Crippen molar-refractivity contribution in [1.29, 1.82) is 0 Å². The average molecular weight is 460 g/mol. The van der Waals surface area contributed by atoms with Crippen molar-refractivity contribution in [3.05, 3.63) is 36.2 Å². The van der Waals surface area contributed by atoms with Crippen LogP contribution in [0, 0.1) is 0 Å². The fourth-order valence-corrected chi connectivity index (χ4v) is 3.25. The molecule has 33 heavy (non-hydrogen) atoms. The Kier molecular flexibility index (Phi) is 7.25. The number of nitrogens with zero attached hydrogens (tertiary/aromatic N) is 3. The van der Waals surface area contributed by atoms with Crippen LogP contribution in [-0.2, 0) is 23.9 Å². The Morgan fingerprint density at radius 3 is 2.97 bits per heavy atom. The van der Waals surface area contributed by atoms with Crippen LogP contribution in [0.3, 0.4) is 0 Å². The third kappa shape index (κ3) is 5.71. The summed E-state index contributed by atoms with van der Waals surface area (Å²) in [6.45, 7) is 2.91. The molecule has 0 aliphatic carbocycles. The van der Waals surface area contributed by atoms with Crippen molar-refractivity contribution in [2.45, 2.75) is 13.0 Å². The SMILES string of the molecule is CCOC(=O)CON=C(C(=O)N1CCOC(COc2ccc3c(c2)OCO3)C1)c1ccn[nH]1. The van der Waals surface area contributed by atoms with Crippen molar-refractivity contribution in [2.24, 2.45) is 5.16 Å². The largest absolute Gasteiger partial charge is 0.491 e. The second-order valence-electron chi connectivity index (χ2n) is 7.06. The highest BCUT2D eigenvalue weighted by Gasteiger charge is 2.29. The number of hydrogen-bond donors (Lipinski definition) is 1. The summed E-state index contributed by atoms with van der Waals surface area (Å²) in [7, 11) is 0. The van der Waals surface area contributed by atoms with Crippen molar-refractivity contribution >= 4 is 17.6 Å². The molecule has 2 aliphatic heterocycles. The van der Waals surface area contributed by atoms with Gasteiger partial charge in [0.1, 0.15) is 18.5 Å². The molecule has 1 atom stereocenters. The zero-order valence-corrected chi connectivity index (χ0v) is 18.0. The molecule has 2 aromatic rings. The molecule has 1 aromatic heterocycles. The van der Waals surface area contributed by atoms with E-state index < -0.39 is 12.6 Å². The molecule has 4 rings (SSSR count). The second kappa shape index (κ2) is 10.7. The molecule has 12 heteroatoms. The van der Waals surface area contributed by atoms with E-state index in [-0.39, 0.29) is 44.3 Å². The molecule has 12 nitrogen and oxygen atoms in total. The number of carbonyl (C=O) groups is 2. The number of H-pyrrole nitrogens is 1. The normalized spacial score (nSPS) is 17.5. The molecule has 0 saturated carbocycles. The van der Waals surface area contributed by atoms with Crippen LogP contribution in [0.1, 0.15) is 12.6 Å². The van der Waals surface area contributed by atoms with Gasteiger partial charge in [0.05, 0.1) is 25.5 Å². The molecule has 0 bridgehead atoms. The number of carbonyl (C=O) groups excluding carboxylic acids is 2. The lowest BCUT2D eigenvalue weighted by Gasteiger charge is -2.32. The summed E-state index contributed by atoms with van der Waals surface area (Å²) < 4.78 is 27.0. The molecule has 1 unspecified atom stereocenters. The molecule has 3 heterocycles. The summed E-state index contributed by atoms with van der Waals surface area (Å²) in [5.74, 6) is 0.934. The molecular weight excluding hydrogens is 436 g/mol. The molecule has 1 saturated heterocycles. The predicted molar refractivity (Wildman–Crippen MR) is 112 cm³/mol. The first-order valence-corrected chi connectivity index (χ1v) is 10.4. The first-order valence-electron chi connectivity index (χ1n) is 10.4. The number of aromatic nitrogens is 2. The Bertz CT molecular complexity index is 994. The maximum atomic E-state index is 13.2. The number of ether oxygens (including phenoxy) is 5. The second-order valence-corrected chi connectivity index (χ2v) is 7.06. The van der Waals surface area contributed by atoms with E-state index in [4.69, 9.17) is 28.5 Å². The fraction of sp³-hybridized carbons (Fsp3) is 0.429. The molecule has 176 valence electrons. The first-order chi connectivity index (χ1) is 16.1. The zero-order chi connectivity index (χ0) is 23.0. The monoisotopic (exact) mass is 460 g/mol. The lowest BCUT2D eigenvalue weighted by molar-refractivity contribution is -0.148. The third-order valence-corrected chi connectivity index (χ3v) is 4.81. The third-order valence-electron chi connectivity index (χ3n) is 4.81. The van der Waals surface area contributed by atoms with Gasteiger partial charge in [-0.1, -0.05) is 5.16 Å². The van der Waals surface area contributed by atoms with Gasteiger partial charge < -0.3 is 33.4 Å². The van der Waals surface area contributed by atoms with Gasteiger partial charge in [-0.15, -0.1) is 0 Å². The van der Waals surface area contributed by atoms with Gasteiger partial charge in [-0.3, -0.25) is 9.89 Å². The zero-order valence-electron chi connectivity index (χ0n) is 18.0. The number of fused-ring (bicyclic) bond motifs is 1. The summed E-state index contributed by atoms with van der Waals surface area (Å²) in [5.41, 5.74) is 0.359. The number of aromatic amines is 1. The van der Waals surface area contributed by atoms with E-state index in [0.717, 1.165) is 0 Å². The quantitative estimate of drug-likeness (QED) is 0.326. The lowest BCUT2D eigenvalue weighted by atomic mass is 10.2. The number of amides is 1. The summed E-state index contributed by atoms with van der Waals surface area (Å²) in [6, 6.07) is 6.89. The standard InChI is InChI=1S/C21H24N4O8/c1-2-28-19(26)12-33-24-20(16-5-6-22-23-16)21(27)25-7-8-29-15(10-25)11-30-14-3-4-17-18(9-14)32-13-31-17/h3-6,9,15H,2,7-8,10-13H2,1H3,(H,22,23). The van der Waals surface area contributed by atoms with Crippen LogP contribution in [0.4, 0.5) is 0 Å². The van der Waals surface area contributed by atoms with Gasteiger partial charge in [0.15, 0.2) is 17.2 Å². The Balaban J connectivity index is 1.36. The Labute approximate surface area is 189 Å². The van der Waals surface area contributed by atoms with Crippen LogP contribution < -0.4 is 14.2 Å². The van der Waals surface area contributed by atoms with Crippen LogP contribution in [0.25, 0.3) is 0 Å². The Morgan fingerprint density at radius 1 is 1.27 bits per heavy atom. The average Bonchev–Trinajstić information content (AvgIpc) is 3.52. The molecular formula is C21H24N4O8. The van der Waals surface area contributed by atoms with Gasteiger partial charge in [0, 0.05) is 18.8 Å². The van der Waals surface area contributed by atoms with Gasteiger partial charge in [-0.2, -0.15) is 5.10 Å². The maximum absolute atomic E-state index is 13.2. The highest BCUT2D eigenvalue weighted by Crippen LogP contribution is 2.35. The van der Waals surface area contributed by atoms with Crippen molar-refractivity contribution < 1.29 is 38.1 Å². The van der Waals surface area contributed by atoms with Gasteiger partial charge in [0.2, 0.25) is 13.4 Å². The minimum atomic E-state index is -0.579. The van der Waals surface area contributed by atoms with Crippen molar-refractivity contribution in [1.82, 2.24) is 15.1 Å². The number of morpholine rings is 1. The number of nitrogens with one attached hydrogen (secondary N) is 1. The van der Waals surface area contributed by atoms with E-state index in [1.54, 1.807) is 36.1 Å². The molecule has 1 amide bonds. The van der Waals surface area contributed by atoms with Crippen LogP contribution in [0.15, 0.2) is 35.6 Å². The molecule has 1 aromatic carbocycles. The smallest absolute Gasteiger partial charge is 0.347 e. The van der Waals surface area contributed by atoms with Crippen molar-refractivity contribution in [2.75, 3.05) is 46.3 Å². The number of oxime groups is 1. The van der Waals surface area contributed by atoms with Gasteiger partial charge >= 0.3 is 5.97 Å². The molecule has 0 spiro atoms. The fourth-order valence-electron chi connectivity index (χ4n) is 3.25. The van der Waals surface area contributed by atoms with E-state index >= 15 is 0 Å². The summed E-state index contributed by atoms with van der Waals surface area (Å²) >= 11 is 0. The van der Waals surface area contributed by atoms with Crippen LogP contribution in [0.5, 0.6) is 17.2 Å². The topological polar surface area (TPSA) is 134 Å². The van der Waals surface area contributed by atoms with Gasteiger partial charge in [-0.05, 0) is 25.1 Å². The summed E-state index contributed by atoms with van der Waals surface area (Å²) in [6.07, 6.45) is 1.14. The highest BCUT2D eigenvalue weighted by atomic mass is 16.7. The van der Waals surface area contributed by atoms with Crippen LogP contribution in [0.2, 0.25) is 0 Å². The van der Waals surface area contributed by atoms with E-state index in [2.05, 4.69) is 15.4 Å². The molecule has 0 radical (unpaired) electrons. The first kappa shape index (κ1) is 22.4. The van der Waals surface area contributed by atoms with E-state index in [1.165, 1.54) is 6.20 Å². The highest BCUT2D eigenvalue weighted by molar-refractivity contribution is 6.44. The summed E-state index contributed by atoms with van der Waals surface area (Å²) in [4.78, 5) is 31.3. The van der Waals surface area contributed by atoms with Crippen LogP contribution >= 0.6 is 0 Å². The van der Waals surface area contributed by atoms with Gasteiger partial charge in [0.25, 0.3) is 5.91 Å². The summed E-state index contributed by atoms with van der Waals surface area (Å²) in [5, 5.41) is 10.4. The maximum Gasteiger partial charge on any atom is 0.347 e. The molecule has 1 N–H and O–H groups in total. The van der Waals surface area contributed by atoms with Crippen molar-refractivity contribution in [3.8, 4) is 17.2 Å². The Hall–Kier alpha value is -3.80. The minimum Gasteiger partial charge on any atom is -0.491 e. The number of hydrogen-bond acceptors (Lipinski definition) is 10. The Morgan fingerprint density at radius 2 is 2.15 bits per heavy atom. The molecule has 2 aliphatic rings. The van der Waals surface area contributed by atoms with Gasteiger partial charge in [-0.25, -0.2) is 4.79 Å². The molecule has 1 fully saturated rings. The number of rotatable bonds is 9. The minimum absolute atomic E-state index is 0.00543. The lowest BCUT2D eigenvalue weighted by Crippen LogP contribution is -2.50. The van der Waals surface area contributed by atoms with E-state index in [0.29, 0.717) is 36.1 Å². The van der Waals surface area contributed by atoms with E-state index in [1.807, 2.05) is 0 Å². The number of benzene rings is 1.